The van der Waals surface area contributed by atoms with Crippen molar-refractivity contribution in [2.45, 2.75) is 6.42 Å². The number of nitrogens with one attached hydrogen (secondary N) is 2. The Balaban J connectivity index is 1.68. The van der Waals surface area contributed by atoms with Gasteiger partial charge in [0.1, 0.15) is 0 Å². The number of hydrogen-bond acceptors (Lipinski definition) is 6. The molecular formula is C21H20N4O6. The van der Waals surface area contributed by atoms with Crippen molar-refractivity contribution in [1.29, 1.82) is 0 Å². The number of nitro groups is 2. The molecule has 2 aromatic rings. The molecule has 0 aromatic heterocycles. The van der Waals surface area contributed by atoms with Crippen LogP contribution in [-0.4, -0.2) is 34.8 Å². The van der Waals surface area contributed by atoms with E-state index in [-0.39, 0.29) is 23.2 Å². The Bertz CT molecular complexity index is 951. The van der Waals surface area contributed by atoms with Gasteiger partial charge in [-0.25, -0.2) is 0 Å². The van der Waals surface area contributed by atoms with Gasteiger partial charge in [0, 0.05) is 49.5 Å². The maximum Gasteiger partial charge on any atom is 0.270 e. The van der Waals surface area contributed by atoms with Gasteiger partial charge in [-0.3, -0.25) is 29.8 Å². The summed E-state index contributed by atoms with van der Waals surface area (Å²) in [4.78, 5) is 44.0. The molecule has 0 bridgehead atoms. The molecular weight excluding hydrogens is 404 g/mol. The van der Waals surface area contributed by atoms with Crippen LogP contribution >= 0.6 is 0 Å². The molecule has 0 heterocycles. The van der Waals surface area contributed by atoms with Crippen LogP contribution in [0.2, 0.25) is 0 Å². The first-order valence-corrected chi connectivity index (χ1v) is 9.26. The van der Waals surface area contributed by atoms with Crippen molar-refractivity contribution < 1.29 is 19.4 Å². The van der Waals surface area contributed by atoms with E-state index < -0.39 is 9.85 Å². The predicted molar refractivity (Wildman–Crippen MR) is 115 cm³/mol. The van der Waals surface area contributed by atoms with Gasteiger partial charge in [0.2, 0.25) is 11.8 Å². The first-order chi connectivity index (χ1) is 14.8. The van der Waals surface area contributed by atoms with Crippen LogP contribution in [-0.2, 0) is 9.59 Å². The smallest absolute Gasteiger partial charge is 0.270 e. The van der Waals surface area contributed by atoms with Crippen LogP contribution in [0.25, 0.3) is 12.2 Å². The highest BCUT2D eigenvalue weighted by molar-refractivity contribution is 5.92. The zero-order valence-electron chi connectivity index (χ0n) is 16.4. The maximum absolute atomic E-state index is 11.8. The van der Waals surface area contributed by atoms with Gasteiger partial charge in [-0.1, -0.05) is 24.3 Å². The third kappa shape index (κ3) is 8.28. The lowest BCUT2D eigenvalue weighted by Crippen LogP contribution is -2.28. The van der Waals surface area contributed by atoms with Crippen molar-refractivity contribution >= 4 is 35.3 Å². The van der Waals surface area contributed by atoms with Gasteiger partial charge in [0.25, 0.3) is 11.4 Å². The van der Waals surface area contributed by atoms with Gasteiger partial charge in [0.05, 0.1) is 9.85 Å². The maximum atomic E-state index is 11.8. The Morgan fingerprint density at radius 2 is 1.19 bits per heavy atom. The van der Waals surface area contributed by atoms with Crippen molar-refractivity contribution in [2.24, 2.45) is 0 Å². The van der Waals surface area contributed by atoms with E-state index in [0.29, 0.717) is 30.6 Å². The zero-order chi connectivity index (χ0) is 22.6. The molecule has 0 saturated heterocycles. The van der Waals surface area contributed by atoms with E-state index in [1.54, 1.807) is 12.1 Å². The minimum Gasteiger partial charge on any atom is -0.352 e. The van der Waals surface area contributed by atoms with E-state index in [1.807, 2.05) is 0 Å². The van der Waals surface area contributed by atoms with Gasteiger partial charge >= 0.3 is 0 Å². The molecule has 0 radical (unpaired) electrons. The van der Waals surface area contributed by atoms with Crippen LogP contribution in [0.4, 0.5) is 11.4 Å². The normalized spacial score (nSPS) is 10.8. The summed E-state index contributed by atoms with van der Waals surface area (Å²) >= 11 is 0. The molecule has 2 aromatic carbocycles. The van der Waals surface area contributed by atoms with E-state index in [1.165, 1.54) is 60.7 Å². The van der Waals surface area contributed by atoms with Gasteiger partial charge in [-0.05, 0) is 29.7 Å². The molecule has 0 aliphatic rings. The molecule has 10 heteroatoms. The van der Waals surface area contributed by atoms with Crippen LogP contribution in [0.3, 0.4) is 0 Å². The molecule has 0 spiro atoms. The van der Waals surface area contributed by atoms with E-state index in [0.717, 1.165) is 0 Å². The van der Waals surface area contributed by atoms with Crippen molar-refractivity contribution in [3.8, 4) is 0 Å². The number of non-ortho nitro benzene ring substituents is 2. The van der Waals surface area contributed by atoms with E-state index in [2.05, 4.69) is 10.6 Å². The van der Waals surface area contributed by atoms with Gasteiger partial charge < -0.3 is 10.6 Å². The summed E-state index contributed by atoms with van der Waals surface area (Å²) in [5.74, 6) is -0.716. The minimum absolute atomic E-state index is 0.0576. The zero-order valence-corrected chi connectivity index (χ0v) is 16.4. The summed E-state index contributed by atoms with van der Waals surface area (Å²) in [7, 11) is 0. The SMILES string of the molecule is O=C(C=Cc1cccc([N+](=O)[O-])c1)NCCCNC(=O)C=Cc1cccc([N+](=O)[O-])c1. The first kappa shape index (κ1) is 22.9. The molecule has 10 nitrogen and oxygen atoms in total. The molecule has 0 atom stereocenters. The fourth-order valence-electron chi connectivity index (χ4n) is 2.46. The Morgan fingerprint density at radius 3 is 1.58 bits per heavy atom. The molecule has 2 rings (SSSR count). The van der Waals surface area contributed by atoms with Gasteiger partial charge in [0.15, 0.2) is 0 Å². The van der Waals surface area contributed by atoms with Crippen LogP contribution in [0.5, 0.6) is 0 Å². The number of rotatable bonds is 10. The summed E-state index contributed by atoms with van der Waals surface area (Å²) in [6, 6.07) is 11.8. The molecule has 0 aliphatic carbocycles. The monoisotopic (exact) mass is 424 g/mol. The average molecular weight is 424 g/mol. The molecule has 0 aliphatic heterocycles. The standard InChI is InChI=1S/C21H20N4O6/c26-20(10-8-16-4-1-6-18(14-16)24(28)29)22-12-3-13-23-21(27)11-9-17-5-2-7-19(15-17)25(30)31/h1-2,4-11,14-15H,3,12-13H2,(H,22,26)(H,23,27). The Hall–Kier alpha value is -4.34. The number of benzene rings is 2. The lowest BCUT2D eigenvalue weighted by atomic mass is 10.2. The largest absolute Gasteiger partial charge is 0.352 e. The van der Waals surface area contributed by atoms with Crippen LogP contribution < -0.4 is 10.6 Å². The number of nitro benzene ring substituents is 2. The highest BCUT2D eigenvalue weighted by Crippen LogP contribution is 2.14. The number of amides is 2. The summed E-state index contributed by atoms with van der Waals surface area (Å²) in [5, 5.41) is 26.8. The molecule has 31 heavy (non-hydrogen) atoms. The first-order valence-electron chi connectivity index (χ1n) is 9.26. The molecule has 2 N–H and O–H groups in total. The molecule has 0 unspecified atom stereocenters. The molecule has 2 amide bonds. The Morgan fingerprint density at radius 1 is 0.774 bits per heavy atom. The quantitative estimate of drug-likeness (QED) is 0.260. The summed E-state index contributed by atoms with van der Waals surface area (Å²) in [6.45, 7) is 0.653. The second-order valence-electron chi connectivity index (χ2n) is 6.31. The fourth-order valence-corrected chi connectivity index (χ4v) is 2.46. The highest BCUT2D eigenvalue weighted by atomic mass is 16.6. The second-order valence-corrected chi connectivity index (χ2v) is 6.31. The predicted octanol–water partition coefficient (Wildman–Crippen LogP) is 2.85. The van der Waals surface area contributed by atoms with E-state index in [9.17, 15) is 29.8 Å². The van der Waals surface area contributed by atoms with E-state index in [4.69, 9.17) is 0 Å². The van der Waals surface area contributed by atoms with Crippen molar-refractivity contribution in [3.63, 3.8) is 0 Å². The molecule has 0 saturated carbocycles. The molecule has 0 fully saturated rings. The third-order valence-electron chi connectivity index (χ3n) is 3.97. The highest BCUT2D eigenvalue weighted by Gasteiger charge is 2.05. The van der Waals surface area contributed by atoms with Crippen molar-refractivity contribution in [3.05, 3.63) is 92.0 Å². The molecule has 160 valence electrons. The summed E-state index contributed by atoms with van der Waals surface area (Å²) in [5.41, 5.74) is 0.954. The number of carbonyl (C=O) groups is 2. The lowest BCUT2D eigenvalue weighted by Gasteiger charge is -2.03. The van der Waals surface area contributed by atoms with Crippen LogP contribution in [0.1, 0.15) is 17.5 Å². The lowest BCUT2D eigenvalue weighted by molar-refractivity contribution is -0.385. The topological polar surface area (TPSA) is 144 Å². The minimum atomic E-state index is -0.509. The van der Waals surface area contributed by atoms with Gasteiger partial charge in [-0.2, -0.15) is 0 Å². The van der Waals surface area contributed by atoms with E-state index >= 15 is 0 Å². The number of hydrogen-bond donors (Lipinski definition) is 2. The fraction of sp³-hybridized carbons (Fsp3) is 0.143. The average Bonchev–Trinajstić information content (AvgIpc) is 2.76. The summed E-state index contributed by atoms with van der Waals surface area (Å²) in [6.07, 6.45) is 6.00. The van der Waals surface area contributed by atoms with Crippen molar-refractivity contribution in [1.82, 2.24) is 10.6 Å². The number of carbonyl (C=O) groups excluding carboxylic acids is 2. The van der Waals surface area contributed by atoms with Crippen molar-refractivity contribution in [2.75, 3.05) is 13.1 Å². The Labute approximate surface area is 177 Å². The number of nitrogens with zero attached hydrogens (tertiary/aromatic N) is 2. The second kappa shape index (κ2) is 11.6. The van der Waals surface area contributed by atoms with Crippen LogP contribution in [0, 0.1) is 20.2 Å². The van der Waals surface area contributed by atoms with Crippen LogP contribution in [0.15, 0.2) is 60.7 Å². The Kier molecular flexibility index (Phi) is 8.59. The third-order valence-corrected chi connectivity index (χ3v) is 3.97. The summed E-state index contributed by atoms with van der Waals surface area (Å²) < 4.78 is 0. The van der Waals surface area contributed by atoms with Gasteiger partial charge in [-0.15, -0.1) is 0 Å².